The van der Waals surface area contributed by atoms with Crippen molar-refractivity contribution in [3.05, 3.63) is 29.3 Å². The van der Waals surface area contributed by atoms with Crippen LogP contribution in [0.2, 0.25) is 0 Å². The Morgan fingerprint density at radius 2 is 1.80 bits per heavy atom. The number of nitrogens with zero attached hydrogens (tertiary/aromatic N) is 3. The lowest BCUT2D eigenvalue weighted by Gasteiger charge is -2.40. The summed E-state index contributed by atoms with van der Waals surface area (Å²) in [7, 11) is 1.75. The van der Waals surface area contributed by atoms with Gasteiger partial charge in [0.2, 0.25) is 0 Å². The van der Waals surface area contributed by atoms with Gasteiger partial charge in [0.05, 0.1) is 7.11 Å². The molecule has 30 heavy (non-hydrogen) atoms. The third kappa shape index (κ3) is 4.93. The van der Waals surface area contributed by atoms with Crippen LogP contribution in [0.5, 0.6) is 5.75 Å². The zero-order chi connectivity index (χ0) is 20.9. The predicted octanol–water partition coefficient (Wildman–Crippen LogP) is 4.19. The number of urea groups is 1. The minimum absolute atomic E-state index is 0.288. The molecule has 5 nitrogen and oxygen atoms in total. The maximum atomic E-state index is 12.7. The van der Waals surface area contributed by atoms with E-state index in [2.05, 4.69) is 39.8 Å². The summed E-state index contributed by atoms with van der Waals surface area (Å²) >= 11 is 0. The Kier molecular flexibility index (Phi) is 7.19. The quantitative estimate of drug-likeness (QED) is 0.701. The van der Waals surface area contributed by atoms with Crippen molar-refractivity contribution < 1.29 is 9.53 Å². The van der Waals surface area contributed by atoms with Crippen LogP contribution < -0.4 is 4.74 Å². The molecule has 0 aromatic heterocycles. The van der Waals surface area contributed by atoms with Gasteiger partial charge in [-0.3, -0.25) is 4.90 Å². The van der Waals surface area contributed by atoms with E-state index in [1.165, 1.54) is 49.9 Å². The minimum Gasteiger partial charge on any atom is -0.497 e. The van der Waals surface area contributed by atoms with Crippen LogP contribution >= 0.6 is 0 Å². The van der Waals surface area contributed by atoms with E-state index in [1.807, 2.05) is 0 Å². The second-order valence-electron chi connectivity index (χ2n) is 9.43. The van der Waals surface area contributed by atoms with Crippen LogP contribution in [0.3, 0.4) is 0 Å². The molecule has 2 fully saturated rings. The van der Waals surface area contributed by atoms with Gasteiger partial charge in [0.1, 0.15) is 5.75 Å². The number of methoxy groups -OCH3 is 1. The lowest BCUT2D eigenvalue weighted by atomic mass is 9.86. The highest BCUT2D eigenvalue weighted by molar-refractivity contribution is 5.74. The normalized spacial score (nSPS) is 22.4. The van der Waals surface area contributed by atoms with Crippen molar-refractivity contribution in [1.29, 1.82) is 0 Å². The van der Waals surface area contributed by atoms with E-state index in [0.717, 1.165) is 63.5 Å². The monoisotopic (exact) mass is 413 g/mol. The summed E-state index contributed by atoms with van der Waals surface area (Å²) < 4.78 is 5.41. The van der Waals surface area contributed by atoms with Crippen LogP contribution in [0.25, 0.3) is 0 Å². The Labute approximate surface area is 182 Å². The number of benzene rings is 1. The molecule has 0 radical (unpaired) electrons. The van der Waals surface area contributed by atoms with Gasteiger partial charge >= 0.3 is 6.03 Å². The number of rotatable bonds is 6. The molecule has 1 aromatic carbocycles. The van der Waals surface area contributed by atoms with E-state index in [9.17, 15) is 4.79 Å². The summed E-state index contributed by atoms with van der Waals surface area (Å²) in [5.74, 6) is 1.70. The van der Waals surface area contributed by atoms with Crippen molar-refractivity contribution in [3.8, 4) is 5.75 Å². The molecule has 0 N–H and O–H groups in total. The molecule has 0 bridgehead atoms. The number of carbonyl (C=O) groups is 1. The number of hydrogen-bond acceptors (Lipinski definition) is 3. The number of aryl methyl sites for hydroxylation is 1. The fourth-order valence-electron chi connectivity index (χ4n) is 5.61. The smallest absolute Gasteiger partial charge is 0.319 e. The first-order chi connectivity index (χ1) is 14.7. The van der Waals surface area contributed by atoms with Crippen LogP contribution in [0.1, 0.15) is 56.6 Å². The van der Waals surface area contributed by atoms with Gasteiger partial charge in [-0.25, -0.2) is 4.79 Å². The Morgan fingerprint density at radius 3 is 2.50 bits per heavy atom. The first-order valence-corrected chi connectivity index (χ1v) is 12.1. The summed E-state index contributed by atoms with van der Waals surface area (Å²) in [6.45, 7) is 8.46. The van der Waals surface area contributed by atoms with Crippen LogP contribution in [-0.2, 0) is 12.8 Å². The highest BCUT2D eigenvalue weighted by Gasteiger charge is 2.30. The molecule has 3 aliphatic rings. The molecule has 1 aromatic rings. The molecular formula is C25H39N3O2. The van der Waals surface area contributed by atoms with E-state index in [0.29, 0.717) is 6.04 Å². The fraction of sp³-hybridized carbons (Fsp3) is 0.720. The molecule has 1 atom stereocenters. The molecule has 166 valence electrons. The molecule has 2 amide bonds. The molecule has 2 heterocycles. The number of ether oxygens (including phenoxy) is 1. The average Bonchev–Trinajstić information content (AvgIpc) is 3.33. The van der Waals surface area contributed by atoms with Gasteiger partial charge in [-0.1, -0.05) is 13.0 Å². The van der Waals surface area contributed by atoms with Gasteiger partial charge in [-0.2, -0.15) is 0 Å². The molecule has 1 unspecified atom stereocenters. The SMILES string of the molecule is CCCN(CC1CCN(C(=O)N2CCCC2)CC1)C1CCc2cc(OC)ccc2C1. The van der Waals surface area contributed by atoms with E-state index >= 15 is 0 Å². The van der Waals surface area contributed by atoms with Gasteiger partial charge in [-0.15, -0.1) is 0 Å². The molecule has 5 heteroatoms. The van der Waals surface area contributed by atoms with Crippen molar-refractivity contribution >= 4 is 6.03 Å². The topological polar surface area (TPSA) is 36.0 Å². The first-order valence-electron chi connectivity index (χ1n) is 12.1. The number of piperidine rings is 1. The second kappa shape index (κ2) is 10.0. The summed E-state index contributed by atoms with van der Waals surface area (Å²) in [6.07, 6.45) is 9.41. The maximum Gasteiger partial charge on any atom is 0.319 e. The van der Waals surface area contributed by atoms with Crippen LogP contribution in [0.15, 0.2) is 18.2 Å². The largest absolute Gasteiger partial charge is 0.497 e. The van der Waals surface area contributed by atoms with Crippen molar-refractivity contribution in [1.82, 2.24) is 14.7 Å². The van der Waals surface area contributed by atoms with E-state index in [-0.39, 0.29) is 6.03 Å². The average molecular weight is 414 g/mol. The van der Waals surface area contributed by atoms with Gasteiger partial charge in [0, 0.05) is 38.8 Å². The van der Waals surface area contributed by atoms with E-state index < -0.39 is 0 Å². The molecule has 4 rings (SSSR count). The minimum atomic E-state index is 0.288. The molecule has 2 saturated heterocycles. The summed E-state index contributed by atoms with van der Waals surface area (Å²) in [5.41, 5.74) is 2.97. The molecule has 2 aliphatic heterocycles. The number of carbonyl (C=O) groups excluding carboxylic acids is 1. The Morgan fingerprint density at radius 1 is 1.07 bits per heavy atom. The van der Waals surface area contributed by atoms with Crippen molar-refractivity contribution in [3.63, 3.8) is 0 Å². The van der Waals surface area contributed by atoms with E-state index in [1.54, 1.807) is 7.11 Å². The van der Waals surface area contributed by atoms with Crippen LogP contribution in [0, 0.1) is 5.92 Å². The third-order valence-corrected chi connectivity index (χ3v) is 7.40. The third-order valence-electron chi connectivity index (χ3n) is 7.40. The van der Waals surface area contributed by atoms with Crippen LogP contribution in [0.4, 0.5) is 4.79 Å². The maximum absolute atomic E-state index is 12.7. The molecule has 0 spiro atoms. The Bertz CT molecular complexity index is 708. The van der Waals surface area contributed by atoms with Gasteiger partial charge in [0.15, 0.2) is 0 Å². The number of hydrogen-bond donors (Lipinski definition) is 0. The molecular weight excluding hydrogens is 374 g/mol. The van der Waals surface area contributed by atoms with Gasteiger partial charge in [-0.05, 0) is 87.1 Å². The number of fused-ring (bicyclic) bond motifs is 1. The van der Waals surface area contributed by atoms with Crippen molar-refractivity contribution in [2.24, 2.45) is 5.92 Å². The number of amides is 2. The second-order valence-corrected chi connectivity index (χ2v) is 9.43. The zero-order valence-corrected chi connectivity index (χ0v) is 18.9. The van der Waals surface area contributed by atoms with Crippen LogP contribution in [-0.4, -0.2) is 73.2 Å². The van der Waals surface area contributed by atoms with Crippen molar-refractivity contribution in [2.45, 2.75) is 64.3 Å². The Balaban J connectivity index is 1.31. The predicted molar refractivity (Wildman–Crippen MR) is 121 cm³/mol. The lowest BCUT2D eigenvalue weighted by molar-refractivity contribution is 0.106. The standard InChI is InChI=1S/C25H39N3O2/c1-3-12-28(23-8-6-22-18-24(30-2)9-7-21(22)17-23)19-20-10-15-27(16-11-20)25(29)26-13-4-5-14-26/h7,9,18,20,23H,3-6,8,10-17,19H2,1-2H3. The highest BCUT2D eigenvalue weighted by atomic mass is 16.5. The van der Waals surface area contributed by atoms with Crippen molar-refractivity contribution in [2.75, 3.05) is 46.4 Å². The first kappa shape index (κ1) is 21.5. The molecule has 1 aliphatic carbocycles. The highest BCUT2D eigenvalue weighted by Crippen LogP contribution is 2.29. The zero-order valence-electron chi connectivity index (χ0n) is 18.9. The fourth-order valence-corrected chi connectivity index (χ4v) is 5.61. The summed E-state index contributed by atoms with van der Waals surface area (Å²) in [4.78, 5) is 19.6. The lowest BCUT2D eigenvalue weighted by Crippen LogP contribution is -2.48. The van der Waals surface area contributed by atoms with Gasteiger partial charge < -0.3 is 14.5 Å². The van der Waals surface area contributed by atoms with Gasteiger partial charge in [0.25, 0.3) is 0 Å². The number of likely N-dealkylation sites (tertiary alicyclic amines) is 2. The van der Waals surface area contributed by atoms with E-state index in [4.69, 9.17) is 4.74 Å². The summed E-state index contributed by atoms with van der Waals surface area (Å²) in [6, 6.07) is 7.54. The Hall–Kier alpha value is -1.75. The summed E-state index contributed by atoms with van der Waals surface area (Å²) in [5, 5.41) is 0. The molecule has 0 saturated carbocycles.